The molecule has 3 rings (SSSR count). The highest BCUT2D eigenvalue weighted by molar-refractivity contribution is 5.97. The first-order valence-corrected chi connectivity index (χ1v) is 8.65. The van der Waals surface area contributed by atoms with Gasteiger partial charge in [0.25, 0.3) is 11.8 Å². The van der Waals surface area contributed by atoms with E-state index in [9.17, 15) is 9.59 Å². The number of fused-ring (bicyclic) bond motifs is 1. The Morgan fingerprint density at radius 1 is 1.31 bits per heavy atom. The van der Waals surface area contributed by atoms with Crippen LogP contribution < -0.4 is 20.1 Å². The molecule has 0 aromatic heterocycles. The number of anilines is 2. The van der Waals surface area contributed by atoms with E-state index in [2.05, 4.69) is 24.5 Å². The first-order chi connectivity index (χ1) is 12.6. The Bertz CT molecular complexity index is 819. The van der Waals surface area contributed by atoms with Crippen LogP contribution in [0.4, 0.5) is 11.4 Å². The molecule has 2 N–H and O–H groups in total. The Balaban J connectivity index is 1.62. The average molecular weight is 354 g/mol. The molecule has 0 radical (unpaired) electrons. The molecule has 0 fully saturated rings. The monoisotopic (exact) mass is 354 g/mol. The largest absolute Gasteiger partial charge is 0.483 e. The number of carbonyl (C=O) groups excluding carboxylic acids is 2. The molecule has 6 nitrogen and oxygen atoms in total. The molecular weight excluding hydrogens is 332 g/mol. The Kier molecular flexibility index (Phi) is 5.41. The maximum Gasteiger partial charge on any atom is 0.262 e. The van der Waals surface area contributed by atoms with Crippen LogP contribution in [0.3, 0.4) is 0 Å². The second-order valence-corrected chi connectivity index (χ2v) is 6.23. The molecule has 0 spiro atoms. The number of benzene rings is 2. The summed E-state index contributed by atoms with van der Waals surface area (Å²) in [5, 5.41) is 5.48. The summed E-state index contributed by atoms with van der Waals surface area (Å²) in [6, 6.07) is 12.9. The van der Waals surface area contributed by atoms with Gasteiger partial charge in [-0.3, -0.25) is 9.59 Å². The highest BCUT2D eigenvalue weighted by Crippen LogP contribution is 2.31. The van der Waals surface area contributed by atoms with Gasteiger partial charge in [-0.25, -0.2) is 0 Å². The van der Waals surface area contributed by atoms with Crippen molar-refractivity contribution in [2.45, 2.75) is 26.2 Å². The van der Waals surface area contributed by atoms with Crippen molar-refractivity contribution < 1.29 is 19.1 Å². The molecule has 2 aromatic rings. The molecule has 136 valence electrons. The molecule has 1 aliphatic heterocycles. The quantitative estimate of drug-likeness (QED) is 0.832. The molecule has 26 heavy (non-hydrogen) atoms. The normalized spacial score (nSPS) is 13.8. The number of nitrogens with one attached hydrogen (secondary N) is 2. The van der Waals surface area contributed by atoms with Gasteiger partial charge in [-0.15, -0.1) is 0 Å². The van der Waals surface area contributed by atoms with E-state index in [1.165, 1.54) is 0 Å². The molecule has 1 heterocycles. The van der Waals surface area contributed by atoms with Gasteiger partial charge in [0.15, 0.2) is 13.2 Å². The van der Waals surface area contributed by atoms with E-state index < -0.39 is 0 Å². The fourth-order valence-corrected chi connectivity index (χ4v) is 2.74. The number of rotatable bonds is 6. The molecule has 0 bridgehead atoms. The van der Waals surface area contributed by atoms with Crippen LogP contribution in [0.15, 0.2) is 42.5 Å². The molecule has 6 heteroatoms. The smallest absolute Gasteiger partial charge is 0.262 e. The van der Waals surface area contributed by atoms with Crippen molar-refractivity contribution in [2.24, 2.45) is 0 Å². The summed E-state index contributed by atoms with van der Waals surface area (Å²) in [6.07, 6.45) is 0.996. The predicted molar refractivity (Wildman–Crippen MR) is 99.8 cm³/mol. The third-order valence-electron chi connectivity index (χ3n) is 4.32. The summed E-state index contributed by atoms with van der Waals surface area (Å²) in [5.41, 5.74) is 2.21. The van der Waals surface area contributed by atoms with Gasteiger partial charge in [0.2, 0.25) is 0 Å². The van der Waals surface area contributed by atoms with Gasteiger partial charge >= 0.3 is 0 Å². The molecule has 2 aromatic carbocycles. The highest BCUT2D eigenvalue weighted by Gasteiger charge is 2.17. The van der Waals surface area contributed by atoms with Gasteiger partial charge in [-0.05, 0) is 42.2 Å². The van der Waals surface area contributed by atoms with E-state index in [1.54, 1.807) is 18.2 Å². The fourth-order valence-electron chi connectivity index (χ4n) is 2.74. The maximum absolute atomic E-state index is 12.2. The Morgan fingerprint density at radius 3 is 2.92 bits per heavy atom. The molecule has 1 aliphatic rings. The summed E-state index contributed by atoms with van der Waals surface area (Å²) in [4.78, 5) is 23.6. The topological polar surface area (TPSA) is 76.7 Å². The van der Waals surface area contributed by atoms with Crippen molar-refractivity contribution in [1.29, 1.82) is 0 Å². The first kappa shape index (κ1) is 17.8. The van der Waals surface area contributed by atoms with Gasteiger partial charge in [0.05, 0.1) is 5.69 Å². The zero-order valence-electron chi connectivity index (χ0n) is 14.9. The van der Waals surface area contributed by atoms with Crippen molar-refractivity contribution in [2.75, 3.05) is 23.8 Å². The molecule has 0 aliphatic carbocycles. The van der Waals surface area contributed by atoms with E-state index in [1.807, 2.05) is 24.3 Å². The van der Waals surface area contributed by atoms with E-state index in [4.69, 9.17) is 9.47 Å². The van der Waals surface area contributed by atoms with Crippen LogP contribution in [0.5, 0.6) is 11.5 Å². The first-order valence-electron chi connectivity index (χ1n) is 8.65. The van der Waals surface area contributed by atoms with Crippen LogP contribution in [0, 0.1) is 0 Å². The highest BCUT2D eigenvalue weighted by atomic mass is 16.5. The second-order valence-electron chi connectivity index (χ2n) is 6.23. The number of carbonyl (C=O) groups is 2. The molecule has 0 saturated heterocycles. The SMILES string of the molecule is CCC(C)c1ccccc1OCC(=O)Nc1ccc2c(c1)NC(=O)CO2. The summed E-state index contributed by atoms with van der Waals surface area (Å²) in [7, 11) is 0. The van der Waals surface area contributed by atoms with Gasteiger partial charge in [-0.2, -0.15) is 0 Å². The molecule has 2 amide bonds. The van der Waals surface area contributed by atoms with Crippen LogP contribution in [-0.4, -0.2) is 25.0 Å². The molecule has 1 unspecified atom stereocenters. The maximum atomic E-state index is 12.2. The van der Waals surface area contributed by atoms with E-state index in [-0.39, 0.29) is 25.0 Å². The number of para-hydroxylation sites is 1. The lowest BCUT2D eigenvalue weighted by atomic mass is 9.98. The summed E-state index contributed by atoms with van der Waals surface area (Å²) in [6.45, 7) is 4.16. The van der Waals surface area contributed by atoms with E-state index in [0.717, 1.165) is 17.7 Å². The lowest BCUT2D eigenvalue weighted by Crippen LogP contribution is -2.25. The van der Waals surface area contributed by atoms with Crippen molar-refractivity contribution in [3.05, 3.63) is 48.0 Å². The van der Waals surface area contributed by atoms with Crippen LogP contribution in [0.1, 0.15) is 31.7 Å². The zero-order chi connectivity index (χ0) is 18.5. The van der Waals surface area contributed by atoms with Crippen molar-refractivity contribution >= 4 is 23.2 Å². The van der Waals surface area contributed by atoms with Crippen LogP contribution in [-0.2, 0) is 9.59 Å². The van der Waals surface area contributed by atoms with Crippen molar-refractivity contribution in [1.82, 2.24) is 0 Å². The zero-order valence-corrected chi connectivity index (χ0v) is 14.9. The summed E-state index contributed by atoms with van der Waals surface area (Å²) >= 11 is 0. The molecule has 1 atom stereocenters. The van der Waals surface area contributed by atoms with Crippen LogP contribution in [0.25, 0.3) is 0 Å². The second kappa shape index (κ2) is 7.91. The molecule has 0 saturated carbocycles. The van der Waals surface area contributed by atoms with Gasteiger partial charge in [-0.1, -0.05) is 32.0 Å². The minimum absolute atomic E-state index is 0.00212. The number of hydrogen-bond donors (Lipinski definition) is 2. The van der Waals surface area contributed by atoms with Gasteiger partial charge < -0.3 is 20.1 Å². The van der Waals surface area contributed by atoms with Crippen LogP contribution >= 0.6 is 0 Å². The van der Waals surface area contributed by atoms with Crippen LogP contribution in [0.2, 0.25) is 0 Å². The number of ether oxygens (including phenoxy) is 2. The lowest BCUT2D eigenvalue weighted by Gasteiger charge is -2.19. The summed E-state index contributed by atoms with van der Waals surface area (Å²) in [5.74, 6) is 1.18. The van der Waals surface area contributed by atoms with Gasteiger partial charge in [0.1, 0.15) is 11.5 Å². The third kappa shape index (κ3) is 4.14. The van der Waals surface area contributed by atoms with Gasteiger partial charge in [0, 0.05) is 5.69 Å². The van der Waals surface area contributed by atoms with E-state index >= 15 is 0 Å². The Labute approximate surface area is 152 Å². The fraction of sp³-hybridized carbons (Fsp3) is 0.300. The third-order valence-corrected chi connectivity index (χ3v) is 4.32. The summed E-state index contributed by atoms with van der Waals surface area (Å²) < 4.78 is 11.0. The van der Waals surface area contributed by atoms with Crippen molar-refractivity contribution in [3.63, 3.8) is 0 Å². The molecular formula is C20H22N2O4. The minimum Gasteiger partial charge on any atom is -0.483 e. The standard InChI is InChI=1S/C20H22N2O4/c1-3-13(2)15-6-4-5-7-17(15)25-11-19(23)21-14-8-9-18-16(10-14)22-20(24)12-26-18/h4-10,13H,3,11-12H2,1-2H3,(H,21,23)(H,22,24). The lowest BCUT2D eigenvalue weighted by molar-refractivity contribution is -0.119. The minimum atomic E-state index is -0.271. The van der Waals surface area contributed by atoms with Crippen molar-refractivity contribution in [3.8, 4) is 11.5 Å². The number of hydrogen-bond acceptors (Lipinski definition) is 4. The average Bonchev–Trinajstić information content (AvgIpc) is 2.65. The van der Waals surface area contributed by atoms with E-state index in [0.29, 0.717) is 23.0 Å². The predicted octanol–water partition coefficient (Wildman–Crippen LogP) is 3.55. The Hall–Kier alpha value is -3.02. The number of amides is 2. The Morgan fingerprint density at radius 2 is 2.12 bits per heavy atom.